The molecule has 1 aliphatic carbocycles. The van der Waals surface area contributed by atoms with Crippen LogP contribution in [0, 0.1) is 5.41 Å². The summed E-state index contributed by atoms with van der Waals surface area (Å²) in [5.74, 6) is -1.89. The maximum Gasteiger partial charge on any atom is 0.432 e. The van der Waals surface area contributed by atoms with Gasteiger partial charge in [-0.3, -0.25) is 4.79 Å². The quantitative estimate of drug-likeness (QED) is 0.401. The van der Waals surface area contributed by atoms with Crippen molar-refractivity contribution in [1.82, 2.24) is 0 Å². The Morgan fingerprint density at radius 1 is 1.19 bits per heavy atom. The highest BCUT2D eigenvalue weighted by Crippen LogP contribution is 2.66. The molecular formula is C23H27F3O6. The molecule has 32 heavy (non-hydrogen) atoms. The van der Waals surface area contributed by atoms with Gasteiger partial charge in [-0.15, -0.1) is 0 Å². The standard InChI is InChI=1S/C23H27F3O6/c1-14(27)11-12-21-19(2,3)13-16(17(28)20(21,4)32-21)31-18(29)22(30-5,23(24,25)26)15-9-7-6-8-10-15/h6-12,16-17,28H,13H2,1-5H3/b12-11+/t16-,17-,20-,21+,22+/m0/s1. The van der Waals surface area contributed by atoms with Crippen LogP contribution >= 0.6 is 0 Å². The lowest BCUT2D eigenvalue weighted by Gasteiger charge is -2.44. The van der Waals surface area contributed by atoms with Crippen molar-refractivity contribution in [1.29, 1.82) is 0 Å². The van der Waals surface area contributed by atoms with Crippen LogP contribution in [0.3, 0.4) is 0 Å². The molecule has 1 heterocycles. The Balaban J connectivity index is 1.95. The fourth-order valence-corrected chi connectivity index (χ4v) is 4.89. The van der Waals surface area contributed by atoms with Gasteiger partial charge in [0.1, 0.15) is 23.4 Å². The summed E-state index contributed by atoms with van der Waals surface area (Å²) >= 11 is 0. The lowest BCUT2D eigenvalue weighted by Crippen LogP contribution is -2.59. The monoisotopic (exact) mass is 456 g/mol. The van der Waals surface area contributed by atoms with Crippen molar-refractivity contribution in [2.24, 2.45) is 5.41 Å². The molecule has 0 radical (unpaired) electrons. The number of benzene rings is 1. The normalized spacial score (nSPS) is 33.3. The number of ketones is 1. The van der Waals surface area contributed by atoms with Gasteiger partial charge in [-0.2, -0.15) is 13.2 Å². The number of halogens is 3. The Hall–Kier alpha value is -2.23. The molecule has 0 amide bonds. The van der Waals surface area contributed by atoms with Crippen molar-refractivity contribution in [3.8, 4) is 0 Å². The molecule has 1 aromatic rings. The van der Waals surface area contributed by atoms with Crippen LogP contribution in [0.1, 0.15) is 39.7 Å². The van der Waals surface area contributed by atoms with Crippen LogP contribution in [0.15, 0.2) is 42.5 Å². The van der Waals surface area contributed by atoms with Crippen molar-refractivity contribution >= 4 is 11.8 Å². The topological polar surface area (TPSA) is 85.4 Å². The summed E-state index contributed by atoms with van der Waals surface area (Å²) in [6.45, 7) is 6.50. The summed E-state index contributed by atoms with van der Waals surface area (Å²) < 4.78 is 58.4. The maximum absolute atomic E-state index is 14.2. The first-order valence-corrected chi connectivity index (χ1v) is 10.1. The molecule has 2 fully saturated rings. The third-order valence-corrected chi connectivity index (χ3v) is 6.69. The molecule has 1 saturated heterocycles. The first-order valence-electron chi connectivity index (χ1n) is 10.1. The summed E-state index contributed by atoms with van der Waals surface area (Å²) in [4.78, 5) is 24.4. The van der Waals surface area contributed by atoms with Gasteiger partial charge in [-0.1, -0.05) is 44.2 Å². The molecular weight excluding hydrogens is 429 g/mol. The highest BCUT2D eigenvalue weighted by molar-refractivity contribution is 5.87. The second kappa shape index (κ2) is 7.67. The molecule has 5 atom stereocenters. The lowest BCUT2D eigenvalue weighted by atomic mass is 9.62. The van der Waals surface area contributed by atoms with E-state index in [0.29, 0.717) is 0 Å². The second-order valence-corrected chi connectivity index (χ2v) is 9.11. The zero-order chi connectivity index (χ0) is 24.2. The Morgan fingerprint density at radius 3 is 2.28 bits per heavy atom. The van der Waals surface area contributed by atoms with E-state index in [2.05, 4.69) is 0 Å². The average molecular weight is 456 g/mol. The Kier molecular flexibility index (Phi) is 5.85. The van der Waals surface area contributed by atoms with E-state index in [-0.39, 0.29) is 12.2 Å². The van der Waals surface area contributed by atoms with Gasteiger partial charge in [-0.05, 0) is 32.4 Å². The number of hydrogen-bond donors (Lipinski definition) is 1. The number of carbonyl (C=O) groups is 2. The molecule has 9 heteroatoms. The largest absolute Gasteiger partial charge is 0.457 e. The number of fused-ring (bicyclic) bond motifs is 1. The second-order valence-electron chi connectivity index (χ2n) is 9.11. The molecule has 2 aliphatic rings. The van der Waals surface area contributed by atoms with E-state index in [0.717, 1.165) is 19.2 Å². The van der Waals surface area contributed by atoms with Crippen LogP contribution < -0.4 is 0 Å². The minimum Gasteiger partial charge on any atom is -0.457 e. The highest BCUT2D eigenvalue weighted by Gasteiger charge is 2.79. The van der Waals surface area contributed by atoms with Gasteiger partial charge in [0.05, 0.1) is 0 Å². The molecule has 176 valence electrons. The van der Waals surface area contributed by atoms with Crippen LogP contribution in [-0.2, 0) is 29.4 Å². The fraction of sp³-hybridized carbons (Fsp3) is 0.565. The van der Waals surface area contributed by atoms with E-state index in [1.807, 2.05) is 0 Å². The van der Waals surface area contributed by atoms with E-state index in [9.17, 15) is 27.9 Å². The first kappa shape index (κ1) is 24.4. The van der Waals surface area contributed by atoms with Gasteiger partial charge in [0.15, 0.2) is 5.78 Å². The number of hydrogen-bond acceptors (Lipinski definition) is 6. The number of aliphatic hydroxyl groups is 1. The van der Waals surface area contributed by atoms with Gasteiger partial charge in [0.25, 0.3) is 5.60 Å². The number of rotatable bonds is 6. The van der Waals surface area contributed by atoms with Crippen molar-refractivity contribution in [3.63, 3.8) is 0 Å². The van der Waals surface area contributed by atoms with Crippen molar-refractivity contribution in [2.45, 2.75) is 69.3 Å². The molecule has 1 saturated carbocycles. The Labute approximate surface area is 184 Å². The van der Waals surface area contributed by atoms with Gasteiger partial charge >= 0.3 is 12.1 Å². The third-order valence-electron chi connectivity index (χ3n) is 6.69. The van der Waals surface area contributed by atoms with Crippen LogP contribution in [0.4, 0.5) is 13.2 Å². The summed E-state index contributed by atoms with van der Waals surface area (Å²) in [7, 11) is 0.784. The van der Waals surface area contributed by atoms with Gasteiger partial charge in [-0.25, -0.2) is 4.79 Å². The number of methoxy groups -OCH3 is 1. The molecule has 1 aromatic carbocycles. The zero-order valence-corrected chi connectivity index (χ0v) is 18.5. The predicted molar refractivity (Wildman–Crippen MR) is 108 cm³/mol. The van der Waals surface area contributed by atoms with Crippen LogP contribution in [0.2, 0.25) is 0 Å². The number of ether oxygens (including phenoxy) is 3. The smallest absolute Gasteiger partial charge is 0.432 e. The van der Waals surface area contributed by atoms with E-state index in [1.165, 1.54) is 31.2 Å². The van der Waals surface area contributed by atoms with Gasteiger partial charge < -0.3 is 19.3 Å². The SMILES string of the molecule is CO[C@@](C(=O)O[C@H]1CC(C)(C)[C@@]2(/C=C/C(C)=O)O[C@@]2(C)[C@H]1O)(c1ccccc1)C(F)(F)F. The predicted octanol–water partition coefficient (Wildman–Crippen LogP) is 3.47. The first-order chi connectivity index (χ1) is 14.7. The summed E-state index contributed by atoms with van der Waals surface area (Å²) in [5.41, 5.74) is -6.81. The molecule has 3 rings (SSSR count). The fourth-order valence-electron chi connectivity index (χ4n) is 4.89. The number of carbonyl (C=O) groups excluding carboxylic acids is 2. The Bertz CT molecular complexity index is 927. The summed E-state index contributed by atoms with van der Waals surface area (Å²) in [6.07, 6.45) is -4.93. The number of aliphatic hydroxyl groups excluding tert-OH is 1. The van der Waals surface area contributed by atoms with Crippen LogP contribution in [-0.4, -0.2) is 53.6 Å². The zero-order valence-electron chi connectivity index (χ0n) is 18.5. The van der Waals surface area contributed by atoms with Gasteiger partial charge in [0, 0.05) is 18.1 Å². The highest BCUT2D eigenvalue weighted by atomic mass is 19.4. The van der Waals surface area contributed by atoms with E-state index >= 15 is 0 Å². The lowest BCUT2D eigenvalue weighted by molar-refractivity contribution is -0.280. The van der Waals surface area contributed by atoms with Gasteiger partial charge in [0.2, 0.25) is 0 Å². The molecule has 0 aromatic heterocycles. The van der Waals surface area contributed by atoms with Crippen molar-refractivity contribution in [3.05, 3.63) is 48.0 Å². The van der Waals surface area contributed by atoms with E-state index in [4.69, 9.17) is 14.2 Å². The number of epoxide rings is 1. The van der Waals surface area contributed by atoms with E-state index in [1.54, 1.807) is 26.8 Å². The minimum atomic E-state index is -5.12. The van der Waals surface area contributed by atoms with Crippen LogP contribution in [0.5, 0.6) is 0 Å². The van der Waals surface area contributed by atoms with Crippen LogP contribution in [0.25, 0.3) is 0 Å². The Morgan fingerprint density at radius 2 is 1.78 bits per heavy atom. The van der Waals surface area contributed by atoms with E-state index < -0.39 is 52.1 Å². The molecule has 0 bridgehead atoms. The molecule has 0 unspecified atom stereocenters. The molecule has 0 spiro atoms. The molecule has 1 aliphatic heterocycles. The third kappa shape index (κ3) is 3.38. The number of alkyl halides is 3. The molecule has 1 N–H and O–H groups in total. The van der Waals surface area contributed by atoms with Crippen molar-refractivity contribution < 1.29 is 42.1 Å². The maximum atomic E-state index is 14.2. The molecule has 6 nitrogen and oxygen atoms in total. The average Bonchev–Trinajstić information content (AvgIpc) is 3.34. The summed E-state index contributed by atoms with van der Waals surface area (Å²) in [6, 6.07) is 6.48. The number of allylic oxidation sites excluding steroid dienone is 1. The minimum absolute atomic E-state index is 0.00415. The number of esters is 1. The summed E-state index contributed by atoms with van der Waals surface area (Å²) in [5, 5.41) is 10.9. The van der Waals surface area contributed by atoms with Crippen molar-refractivity contribution in [2.75, 3.05) is 7.11 Å².